The van der Waals surface area contributed by atoms with Gasteiger partial charge in [0.05, 0.1) is 11.0 Å². The van der Waals surface area contributed by atoms with Crippen LogP contribution in [0, 0.1) is 26.2 Å². The fourth-order valence-corrected chi connectivity index (χ4v) is 9.57. The predicted octanol–water partition coefficient (Wildman–Crippen LogP) is 14.0. The molecule has 0 saturated heterocycles. The number of aryl methyl sites for hydroxylation is 3. The first kappa shape index (κ1) is 34.2. The zero-order chi connectivity index (χ0) is 37.0. The molecule has 9 rings (SSSR count). The number of hydrogen-bond acceptors (Lipinski definition) is 0. The molecule has 52 heavy (non-hydrogen) atoms. The Morgan fingerprint density at radius 3 is 1.67 bits per heavy atom. The van der Waals surface area contributed by atoms with Gasteiger partial charge in [-0.05, 0) is 129 Å². The lowest BCUT2D eigenvalue weighted by molar-refractivity contribution is 0.125. The van der Waals surface area contributed by atoms with Gasteiger partial charge in [0.1, 0.15) is 0 Å². The van der Waals surface area contributed by atoms with E-state index in [0.717, 1.165) is 0 Å². The molecule has 0 radical (unpaired) electrons. The van der Waals surface area contributed by atoms with Crippen LogP contribution in [0.2, 0.25) is 0 Å². The first-order chi connectivity index (χ1) is 24.6. The highest BCUT2D eigenvalue weighted by Gasteiger charge is 2.57. The molecule has 2 aliphatic rings. The van der Waals surface area contributed by atoms with Crippen LogP contribution in [0.4, 0.5) is 0 Å². The van der Waals surface area contributed by atoms with Crippen molar-refractivity contribution in [3.63, 3.8) is 0 Å². The van der Waals surface area contributed by atoms with Crippen molar-refractivity contribution in [2.75, 3.05) is 0 Å². The molecule has 1 heterocycles. The molecule has 7 aromatic rings. The third-order valence-electron chi connectivity index (χ3n) is 13.9. The van der Waals surface area contributed by atoms with Crippen LogP contribution in [0.5, 0.6) is 0 Å². The maximum absolute atomic E-state index is 2.53. The standard InChI is InChI=1S/C32H38.C19H15N/c1-19-15-26-24(21-13-11-12-14-25(21)29(26,3)4)17-22(19)23-18-28-27(16-20(23)2)30(5,6)32(9,10)31(28,7)8;1-14-11-12-19-17(13-14)16-9-5-6-10-18(16)20(19)15-7-3-2-4-8-15/h11-18H,1-10H3;2-13H,1H3. The summed E-state index contributed by atoms with van der Waals surface area (Å²) < 4.78 is 2.34. The summed E-state index contributed by atoms with van der Waals surface area (Å²) in [6.07, 6.45) is 0. The van der Waals surface area contributed by atoms with Crippen LogP contribution in [0.1, 0.15) is 94.3 Å². The predicted molar refractivity (Wildman–Crippen MR) is 224 cm³/mol. The Bertz CT molecular complexity index is 2530. The smallest absolute Gasteiger partial charge is 0.0541 e. The third-order valence-corrected chi connectivity index (χ3v) is 13.9. The van der Waals surface area contributed by atoms with Gasteiger partial charge in [0.15, 0.2) is 0 Å². The van der Waals surface area contributed by atoms with Crippen LogP contribution in [-0.4, -0.2) is 4.57 Å². The lowest BCUT2D eigenvalue weighted by atomic mass is 9.59. The quantitative estimate of drug-likeness (QED) is 0.171. The van der Waals surface area contributed by atoms with Gasteiger partial charge in [0, 0.05) is 21.9 Å². The zero-order valence-electron chi connectivity index (χ0n) is 33.0. The van der Waals surface area contributed by atoms with Gasteiger partial charge in [-0.25, -0.2) is 0 Å². The number of aromatic nitrogens is 1. The summed E-state index contributed by atoms with van der Waals surface area (Å²) in [6, 6.07) is 44.7. The van der Waals surface area contributed by atoms with Gasteiger partial charge in [-0.2, -0.15) is 0 Å². The first-order valence-electron chi connectivity index (χ1n) is 19.0. The third kappa shape index (κ3) is 4.74. The van der Waals surface area contributed by atoms with Gasteiger partial charge in [0.25, 0.3) is 0 Å². The fourth-order valence-electron chi connectivity index (χ4n) is 9.57. The zero-order valence-corrected chi connectivity index (χ0v) is 33.0. The number of benzene rings is 6. The lowest BCUT2D eigenvalue weighted by Crippen LogP contribution is -2.42. The van der Waals surface area contributed by atoms with Crippen molar-refractivity contribution in [2.24, 2.45) is 5.41 Å². The summed E-state index contributed by atoms with van der Waals surface area (Å²) in [4.78, 5) is 0. The second kappa shape index (κ2) is 11.6. The molecule has 0 fully saturated rings. The van der Waals surface area contributed by atoms with Gasteiger partial charge in [-0.1, -0.05) is 146 Å². The van der Waals surface area contributed by atoms with E-state index in [1.807, 2.05) is 0 Å². The number of para-hydroxylation sites is 2. The van der Waals surface area contributed by atoms with E-state index in [2.05, 4.69) is 202 Å². The number of hydrogen-bond donors (Lipinski definition) is 0. The molecule has 1 aromatic heterocycles. The van der Waals surface area contributed by atoms with E-state index >= 15 is 0 Å². The summed E-state index contributed by atoms with van der Waals surface area (Å²) >= 11 is 0. The average Bonchev–Trinajstić information content (AvgIpc) is 3.59. The molecule has 0 atom stereocenters. The van der Waals surface area contributed by atoms with E-state index in [4.69, 9.17) is 0 Å². The Kier molecular flexibility index (Phi) is 7.61. The van der Waals surface area contributed by atoms with E-state index in [9.17, 15) is 0 Å². The topological polar surface area (TPSA) is 4.93 Å². The molecule has 0 unspecified atom stereocenters. The average molecular weight is 680 g/mol. The van der Waals surface area contributed by atoms with Crippen LogP contribution in [0.15, 0.2) is 121 Å². The van der Waals surface area contributed by atoms with Gasteiger partial charge in [0.2, 0.25) is 0 Å². The van der Waals surface area contributed by atoms with Crippen molar-refractivity contribution in [2.45, 2.75) is 92.4 Å². The van der Waals surface area contributed by atoms with Crippen molar-refractivity contribution in [1.82, 2.24) is 4.57 Å². The van der Waals surface area contributed by atoms with E-state index in [0.29, 0.717) is 0 Å². The highest BCUT2D eigenvalue weighted by molar-refractivity contribution is 6.09. The molecule has 0 saturated carbocycles. The van der Waals surface area contributed by atoms with Gasteiger partial charge in [-0.15, -0.1) is 0 Å². The molecular formula is C51H53N. The minimum absolute atomic E-state index is 0.0538. The number of rotatable bonds is 2. The molecule has 262 valence electrons. The summed E-state index contributed by atoms with van der Waals surface area (Å²) in [7, 11) is 0. The van der Waals surface area contributed by atoms with Crippen molar-refractivity contribution < 1.29 is 0 Å². The molecular weight excluding hydrogens is 627 g/mol. The lowest BCUT2D eigenvalue weighted by Gasteiger charge is -2.44. The van der Waals surface area contributed by atoms with E-state index in [1.165, 1.54) is 88.7 Å². The van der Waals surface area contributed by atoms with Crippen LogP contribution >= 0.6 is 0 Å². The van der Waals surface area contributed by atoms with Crippen LogP contribution in [0.25, 0.3) is 49.7 Å². The summed E-state index contributed by atoms with van der Waals surface area (Å²) in [5.41, 5.74) is 19.8. The Morgan fingerprint density at radius 2 is 0.962 bits per heavy atom. The Balaban J connectivity index is 0.000000165. The molecule has 0 spiro atoms. The van der Waals surface area contributed by atoms with Gasteiger partial charge in [-0.3, -0.25) is 0 Å². The second-order valence-electron chi connectivity index (χ2n) is 17.7. The highest BCUT2D eigenvalue weighted by Crippen LogP contribution is 2.62. The minimum atomic E-state index is 0.0538. The van der Waals surface area contributed by atoms with Crippen molar-refractivity contribution in [3.8, 4) is 27.9 Å². The van der Waals surface area contributed by atoms with Gasteiger partial charge < -0.3 is 4.57 Å². The normalized spacial score (nSPS) is 17.0. The van der Waals surface area contributed by atoms with Crippen LogP contribution < -0.4 is 0 Å². The van der Waals surface area contributed by atoms with Crippen molar-refractivity contribution in [3.05, 3.63) is 160 Å². The summed E-state index contributed by atoms with van der Waals surface area (Å²) in [6.45, 7) is 26.1. The van der Waals surface area contributed by atoms with E-state index in [1.54, 1.807) is 0 Å². The molecule has 2 aliphatic carbocycles. The maximum Gasteiger partial charge on any atom is 0.0541 e. The Labute approximate surface area is 311 Å². The molecule has 0 amide bonds. The first-order valence-corrected chi connectivity index (χ1v) is 19.0. The summed E-state index contributed by atoms with van der Waals surface area (Å²) in [5, 5.41) is 2.64. The molecule has 6 aromatic carbocycles. The van der Waals surface area contributed by atoms with Crippen molar-refractivity contribution >= 4 is 21.8 Å². The minimum Gasteiger partial charge on any atom is -0.309 e. The summed E-state index contributed by atoms with van der Waals surface area (Å²) in [5.74, 6) is 0. The molecule has 0 aliphatic heterocycles. The highest BCUT2D eigenvalue weighted by atomic mass is 15.0. The SMILES string of the molecule is Cc1cc2c(cc1-c1cc3c(cc1C)C(C)(C)C(C)(C)C3(C)C)-c1ccccc1C2(C)C.Cc1ccc2c(c1)c1ccccc1n2-c1ccccc1. The maximum atomic E-state index is 2.53. The molecule has 0 N–H and O–H groups in total. The number of nitrogens with zero attached hydrogens (tertiary/aromatic N) is 1. The molecule has 0 bridgehead atoms. The molecule has 1 nitrogen and oxygen atoms in total. The largest absolute Gasteiger partial charge is 0.309 e. The Morgan fingerprint density at radius 1 is 0.404 bits per heavy atom. The fraction of sp³-hybridized carbons (Fsp3) is 0.294. The van der Waals surface area contributed by atoms with Crippen LogP contribution in [-0.2, 0) is 16.2 Å². The van der Waals surface area contributed by atoms with Crippen LogP contribution in [0.3, 0.4) is 0 Å². The Hall–Kier alpha value is -4.88. The van der Waals surface area contributed by atoms with E-state index < -0.39 is 0 Å². The second-order valence-corrected chi connectivity index (χ2v) is 17.7. The number of fused-ring (bicyclic) bond motifs is 7. The molecule has 1 heteroatoms. The van der Waals surface area contributed by atoms with Gasteiger partial charge >= 0.3 is 0 Å². The van der Waals surface area contributed by atoms with E-state index in [-0.39, 0.29) is 21.7 Å². The van der Waals surface area contributed by atoms with Crippen molar-refractivity contribution in [1.29, 1.82) is 0 Å². The monoisotopic (exact) mass is 679 g/mol.